The van der Waals surface area contributed by atoms with E-state index in [4.69, 9.17) is 4.74 Å². The van der Waals surface area contributed by atoms with Crippen molar-refractivity contribution in [1.82, 2.24) is 10.3 Å². The fraction of sp³-hybridized carbons (Fsp3) is 0.696. The Kier molecular flexibility index (Phi) is 12.0. The van der Waals surface area contributed by atoms with Gasteiger partial charge in [0.1, 0.15) is 5.60 Å². The standard InChI is InChI=1S/C23H39N3O3/c1-5-6-7-8-9-10-11-12-13-21(27)26(20-14-16-24-17-15-20)19-18-25-22(28)29-23(2,3)4/h14-17H,5-13,18-19H2,1-4H3,(H,25,28). The number of unbranched alkanes of at least 4 members (excludes halogenated alkanes) is 7. The predicted molar refractivity (Wildman–Crippen MR) is 118 cm³/mol. The third kappa shape index (κ3) is 12.1. The van der Waals surface area contributed by atoms with E-state index in [1.54, 1.807) is 17.3 Å². The van der Waals surface area contributed by atoms with Crippen LogP contribution in [0.15, 0.2) is 24.5 Å². The molecule has 2 amide bonds. The molecule has 1 aromatic rings. The number of amides is 2. The number of nitrogens with one attached hydrogen (secondary N) is 1. The lowest BCUT2D eigenvalue weighted by molar-refractivity contribution is -0.118. The summed E-state index contributed by atoms with van der Waals surface area (Å²) >= 11 is 0. The van der Waals surface area contributed by atoms with Gasteiger partial charge in [-0.3, -0.25) is 9.78 Å². The van der Waals surface area contributed by atoms with E-state index in [1.165, 1.54) is 38.5 Å². The van der Waals surface area contributed by atoms with E-state index >= 15 is 0 Å². The summed E-state index contributed by atoms with van der Waals surface area (Å²) < 4.78 is 5.25. The first-order chi connectivity index (χ1) is 13.8. The van der Waals surface area contributed by atoms with E-state index in [-0.39, 0.29) is 5.91 Å². The Bertz CT molecular complexity index is 585. The van der Waals surface area contributed by atoms with Crippen LogP contribution in [0.2, 0.25) is 0 Å². The second kappa shape index (κ2) is 14.0. The summed E-state index contributed by atoms with van der Waals surface area (Å²) in [5.41, 5.74) is 0.261. The van der Waals surface area contributed by atoms with Crippen LogP contribution >= 0.6 is 0 Å². The summed E-state index contributed by atoms with van der Waals surface area (Å²) in [5, 5.41) is 2.72. The molecular weight excluding hydrogens is 366 g/mol. The molecule has 0 aromatic carbocycles. The number of anilines is 1. The number of pyridine rings is 1. The van der Waals surface area contributed by atoms with Crippen molar-refractivity contribution < 1.29 is 14.3 Å². The molecule has 1 N–H and O–H groups in total. The highest BCUT2D eigenvalue weighted by Gasteiger charge is 2.18. The van der Waals surface area contributed by atoms with Crippen LogP contribution in [0.3, 0.4) is 0 Å². The maximum absolute atomic E-state index is 12.8. The average molecular weight is 406 g/mol. The molecule has 1 aromatic heterocycles. The smallest absolute Gasteiger partial charge is 0.407 e. The highest BCUT2D eigenvalue weighted by Crippen LogP contribution is 2.16. The molecule has 0 atom stereocenters. The molecule has 6 nitrogen and oxygen atoms in total. The van der Waals surface area contributed by atoms with Gasteiger partial charge in [-0.05, 0) is 39.3 Å². The Morgan fingerprint density at radius 1 is 1.00 bits per heavy atom. The Balaban J connectivity index is 2.43. The van der Waals surface area contributed by atoms with Gasteiger partial charge in [-0.2, -0.15) is 0 Å². The number of hydrogen-bond acceptors (Lipinski definition) is 4. The first-order valence-electron chi connectivity index (χ1n) is 11.0. The highest BCUT2D eigenvalue weighted by molar-refractivity contribution is 5.93. The maximum Gasteiger partial charge on any atom is 0.407 e. The minimum Gasteiger partial charge on any atom is -0.444 e. The number of carbonyl (C=O) groups is 2. The number of rotatable bonds is 13. The fourth-order valence-corrected chi connectivity index (χ4v) is 3.05. The zero-order valence-electron chi connectivity index (χ0n) is 18.7. The molecule has 29 heavy (non-hydrogen) atoms. The van der Waals surface area contributed by atoms with E-state index in [2.05, 4.69) is 17.2 Å². The van der Waals surface area contributed by atoms with E-state index in [1.807, 2.05) is 32.9 Å². The lowest BCUT2D eigenvalue weighted by atomic mass is 10.1. The van der Waals surface area contributed by atoms with Gasteiger partial charge < -0.3 is 15.0 Å². The van der Waals surface area contributed by atoms with Crippen molar-refractivity contribution in [2.75, 3.05) is 18.0 Å². The van der Waals surface area contributed by atoms with Crippen LogP contribution in [-0.4, -0.2) is 35.7 Å². The molecule has 0 bridgehead atoms. The molecule has 0 saturated carbocycles. The zero-order valence-corrected chi connectivity index (χ0v) is 18.7. The van der Waals surface area contributed by atoms with Crippen LogP contribution < -0.4 is 10.2 Å². The van der Waals surface area contributed by atoms with Gasteiger partial charge in [-0.25, -0.2) is 4.79 Å². The quantitative estimate of drug-likeness (QED) is 0.442. The van der Waals surface area contributed by atoms with E-state index in [9.17, 15) is 9.59 Å². The summed E-state index contributed by atoms with van der Waals surface area (Å²) in [7, 11) is 0. The lowest BCUT2D eigenvalue weighted by Gasteiger charge is -2.24. The minimum absolute atomic E-state index is 0.0770. The number of nitrogens with zero attached hydrogens (tertiary/aromatic N) is 2. The maximum atomic E-state index is 12.8. The third-order valence-electron chi connectivity index (χ3n) is 4.52. The van der Waals surface area contributed by atoms with Crippen molar-refractivity contribution in [2.45, 2.75) is 91.1 Å². The Hall–Kier alpha value is -2.11. The monoisotopic (exact) mass is 405 g/mol. The Labute approximate surface area is 176 Å². The molecule has 1 heterocycles. The molecule has 0 radical (unpaired) electrons. The van der Waals surface area contributed by atoms with Gasteiger partial charge in [0, 0.05) is 37.6 Å². The van der Waals surface area contributed by atoms with Gasteiger partial charge in [-0.15, -0.1) is 0 Å². The third-order valence-corrected chi connectivity index (χ3v) is 4.52. The van der Waals surface area contributed by atoms with Crippen LogP contribution in [0.25, 0.3) is 0 Å². The first-order valence-corrected chi connectivity index (χ1v) is 11.0. The van der Waals surface area contributed by atoms with Gasteiger partial charge in [0.25, 0.3) is 0 Å². The van der Waals surface area contributed by atoms with Crippen molar-refractivity contribution in [3.8, 4) is 0 Å². The fourth-order valence-electron chi connectivity index (χ4n) is 3.05. The number of carbonyl (C=O) groups excluding carboxylic acids is 2. The molecular formula is C23H39N3O3. The van der Waals surface area contributed by atoms with Crippen molar-refractivity contribution in [2.24, 2.45) is 0 Å². The van der Waals surface area contributed by atoms with Crippen LogP contribution in [0.1, 0.15) is 85.5 Å². The van der Waals surface area contributed by atoms with Crippen molar-refractivity contribution >= 4 is 17.7 Å². The molecule has 0 fully saturated rings. The largest absolute Gasteiger partial charge is 0.444 e. The topological polar surface area (TPSA) is 71.5 Å². The zero-order chi connectivity index (χ0) is 21.5. The Morgan fingerprint density at radius 3 is 2.17 bits per heavy atom. The van der Waals surface area contributed by atoms with Crippen molar-refractivity contribution in [3.63, 3.8) is 0 Å². The Morgan fingerprint density at radius 2 is 1.59 bits per heavy atom. The number of ether oxygens (including phenoxy) is 1. The second-order valence-electron chi connectivity index (χ2n) is 8.40. The normalized spacial score (nSPS) is 11.2. The van der Waals surface area contributed by atoms with Gasteiger partial charge in [0.05, 0.1) is 0 Å². The van der Waals surface area contributed by atoms with Crippen LogP contribution in [0.5, 0.6) is 0 Å². The number of aromatic nitrogens is 1. The predicted octanol–water partition coefficient (Wildman–Crippen LogP) is 5.47. The molecule has 0 aliphatic rings. The molecule has 0 aliphatic heterocycles. The highest BCUT2D eigenvalue weighted by atomic mass is 16.6. The van der Waals surface area contributed by atoms with E-state index in [0.717, 1.165) is 18.5 Å². The summed E-state index contributed by atoms with van der Waals surface area (Å²) in [5.74, 6) is 0.0770. The van der Waals surface area contributed by atoms with Gasteiger partial charge >= 0.3 is 6.09 Å². The molecule has 0 unspecified atom stereocenters. The molecule has 164 valence electrons. The van der Waals surface area contributed by atoms with Crippen molar-refractivity contribution in [3.05, 3.63) is 24.5 Å². The lowest BCUT2D eigenvalue weighted by Crippen LogP contribution is -2.40. The SMILES string of the molecule is CCCCCCCCCCC(=O)N(CCNC(=O)OC(C)(C)C)c1ccncc1. The van der Waals surface area contributed by atoms with Crippen LogP contribution in [0.4, 0.5) is 10.5 Å². The van der Waals surface area contributed by atoms with Crippen LogP contribution in [-0.2, 0) is 9.53 Å². The summed E-state index contributed by atoms with van der Waals surface area (Å²) in [6.07, 6.45) is 13.0. The van der Waals surface area contributed by atoms with Gasteiger partial charge in [0.2, 0.25) is 5.91 Å². The van der Waals surface area contributed by atoms with Gasteiger partial charge in [0.15, 0.2) is 0 Å². The van der Waals surface area contributed by atoms with Crippen LogP contribution in [0, 0.1) is 0 Å². The number of alkyl carbamates (subject to hydrolysis) is 1. The summed E-state index contributed by atoms with van der Waals surface area (Å²) in [6, 6.07) is 3.64. The number of hydrogen-bond donors (Lipinski definition) is 1. The van der Waals surface area contributed by atoms with E-state index in [0.29, 0.717) is 19.5 Å². The minimum atomic E-state index is -0.540. The first kappa shape index (κ1) is 24.9. The van der Waals surface area contributed by atoms with Crippen molar-refractivity contribution in [1.29, 1.82) is 0 Å². The van der Waals surface area contributed by atoms with E-state index < -0.39 is 11.7 Å². The van der Waals surface area contributed by atoms with Gasteiger partial charge in [-0.1, -0.05) is 51.9 Å². The molecule has 1 rings (SSSR count). The average Bonchev–Trinajstić information content (AvgIpc) is 2.66. The second-order valence-corrected chi connectivity index (χ2v) is 8.40. The molecule has 0 saturated heterocycles. The molecule has 0 aliphatic carbocycles. The summed E-state index contributed by atoms with van der Waals surface area (Å²) in [6.45, 7) is 8.43. The summed E-state index contributed by atoms with van der Waals surface area (Å²) in [4.78, 5) is 30.4. The molecule has 6 heteroatoms. The molecule has 0 spiro atoms.